The zero-order valence-electron chi connectivity index (χ0n) is 10.7. The van der Waals surface area contributed by atoms with Crippen molar-refractivity contribution < 1.29 is 13.2 Å². The van der Waals surface area contributed by atoms with Crippen LogP contribution in [0.5, 0.6) is 5.75 Å². The molecule has 18 heavy (non-hydrogen) atoms. The minimum absolute atomic E-state index is 0.0692. The molecule has 0 saturated heterocycles. The molecule has 1 N–H and O–H groups in total. The normalized spacial score (nSPS) is 15.1. The summed E-state index contributed by atoms with van der Waals surface area (Å²) in [4.78, 5) is 0.219. The van der Waals surface area contributed by atoms with Crippen molar-refractivity contribution in [2.24, 2.45) is 5.92 Å². The summed E-state index contributed by atoms with van der Waals surface area (Å²) >= 11 is 5.71. The topological polar surface area (TPSA) is 55.4 Å². The molecular weight excluding hydrogens is 274 g/mol. The fourth-order valence-corrected chi connectivity index (χ4v) is 2.94. The van der Waals surface area contributed by atoms with Crippen LogP contribution in [0.3, 0.4) is 0 Å². The lowest BCUT2D eigenvalue weighted by molar-refractivity contribution is 0.414. The van der Waals surface area contributed by atoms with Gasteiger partial charge in [-0.05, 0) is 37.1 Å². The lowest BCUT2D eigenvalue weighted by atomic mass is 10.1. The molecule has 0 saturated carbocycles. The molecule has 0 spiro atoms. The number of ether oxygens (including phenoxy) is 1. The van der Waals surface area contributed by atoms with E-state index in [-0.39, 0.29) is 16.9 Å². The third kappa shape index (κ3) is 3.86. The van der Waals surface area contributed by atoms with E-state index in [1.54, 1.807) is 19.1 Å². The number of halogens is 1. The van der Waals surface area contributed by atoms with E-state index in [1.807, 2.05) is 6.92 Å². The second kappa shape index (κ2) is 6.41. The fraction of sp³-hybridized carbons (Fsp3) is 0.500. The Morgan fingerprint density at radius 2 is 1.83 bits per heavy atom. The minimum atomic E-state index is -3.50. The first-order chi connectivity index (χ1) is 8.40. The maximum atomic E-state index is 12.1. The molecule has 0 heterocycles. The van der Waals surface area contributed by atoms with Crippen LogP contribution in [0, 0.1) is 5.92 Å². The Kier molecular flexibility index (Phi) is 5.44. The summed E-state index contributed by atoms with van der Waals surface area (Å²) in [6.07, 6.45) is 0. The van der Waals surface area contributed by atoms with Crippen LogP contribution in [0.25, 0.3) is 0 Å². The molecule has 2 unspecified atom stereocenters. The Balaban J connectivity index is 2.85. The molecule has 1 aromatic carbocycles. The average molecular weight is 292 g/mol. The van der Waals surface area contributed by atoms with Gasteiger partial charge in [0.1, 0.15) is 5.75 Å². The Bertz CT molecular complexity index is 473. The molecule has 0 radical (unpaired) electrons. The van der Waals surface area contributed by atoms with Gasteiger partial charge in [-0.15, -0.1) is 11.6 Å². The predicted octanol–water partition coefficient (Wildman–Crippen LogP) is 2.24. The number of sulfonamides is 1. The predicted molar refractivity (Wildman–Crippen MR) is 72.7 cm³/mol. The molecular formula is C12H18ClNO3S. The second-order valence-electron chi connectivity index (χ2n) is 4.22. The molecule has 0 bridgehead atoms. The summed E-state index contributed by atoms with van der Waals surface area (Å²) < 4.78 is 31.7. The van der Waals surface area contributed by atoms with Gasteiger partial charge in [0.2, 0.25) is 10.0 Å². The number of benzene rings is 1. The fourth-order valence-electron chi connectivity index (χ4n) is 1.32. The Hall–Kier alpha value is -0.780. The highest BCUT2D eigenvalue weighted by atomic mass is 35.5. The van der Waals surface area contributed by atoms with Crippen molar-refractivity contribution in [3.05, 3.63) is 24.3 Å². The first kappa shape index (κ1) is 15.3. The number of nitrogens with one attached hydrogen (secondary N) is 1. The maximum Gasteiger partial charge on any atom is 0.240 e. The molecule has 0 aromatic heterocycles. The van der Waals surface area contributed by atoms with Crippen LogP contribution in [0.15, 0.2) is 29.2 Å². The van der Waals surface area contributed by atoms with Gasteiger partial charge in [-0.25, -0.2) is 13.1 Å². The van der Waals surface area contributed by atoms with Crippen molar-refractivity contribution in [2.75, 3.05) is 13.0 Å². The van der Waals surface area contributed by atoms with E-state index in [9.17, 15) is 8.42 Å². The zero-order valence-corrected chi connectivity index (χ0v) is 12.3. The van der Waals surface area contributed by atoms with Crippen molar-refractivity contribution in [1.82, 2.24) is 4.72 Å². The molecule has 0 aliphatic heterocycles. The quantitative estimate of drug-likeness (QED) is 0.818. The van der Waals surface area contributed by atoms with Gasteiger partial charge in [0.25, 0.3) is 0 Å². The zero-order chi connectivity index (χ0) is 13.8. The van der Waals surface area contributed by atoms with E-state index >= 15 is 0 Å². The number of alkyl halides is 1. The average Bonchev–Trinajstić information content (AvgIpc) is 2.37. The largest absolute Gasteiger partial charge is 0.497 e. The maximum absolute atomic E-state index is 12.1. The summed E-state index contributed by atoms with van der Waals surface area (Å²) in [6, 6.07) is 6.04. The molecule has 0 aliphatic rings. The molecule has 1 aromatic rings. The second-order valence-corrected chi connectivity index (χ2v) is 6.24. The van der Waals surface area contributed by atoms with Gasteiger partial charge in [0.05, 0.1) is 12.0 Å². The Morgan fingerprint density at radius 3 is 2.28 bits per heavy atom. The summed E-state index contributed by atoms with van der Waals surface area (Å²) in [5.74, 6) is 1.10. The van der Waals surface area contributed by atoms with Crippen LogP contribution >= 0.6 is 11.6 Å². The first-order valence-electron chi connectivity index (χ1n) is 5.63. The van der Waals surface area contributed by atoms with Gasteiger partial charge in [-0.2, -0.15) is 0 Å². The Labute approximate surface area is 113 Å². The van der Waals surface area contributed by atoms with Crippen LogP contribution in [0.2, 0.25) is 0 Å². The van der Waals surface area contributed by atoms with Crippen LogP contribution in [0.4, 0.5) is 0 Å². The number of methoxy groups -OCH3 is 1. The van der Waals surface area contributed by atoms with Crippen LogP contribution < -0.4 is 9.46 Å². The van der Waals surface area contributed by atoms with Gasteiger partial charge in [-0.3, -0.25) is 0 Å². The summed E-state index contributed by atoms with van der Waals surface area (Å²) in [5.41, 5.74) is 0. The molecule has 4 nitrogen and oxygen atoms in total. The molecule has 2 atom stereocenters. The number of hydrogen-bond donors (Lipinski definition) is 1. The van der Waals surface area contributed by atoms with Crippen molar-refractivity contribution in [3.8, 4) is 5.75 Å². The van der Waals surface area contributed by atoms with Crippen LogP contribution in [0.1, 0.15) is 13.8 Å². The Morgan fingerprint density at radius 1 is 1.28 bits per heavy atom. The monoisotopic (exact) mass is 291 g/mol. The van der Waals surface area contributed by atoms with Gasteiger partial charge in [-0.1, -0.05) is 6.92 Å². The smallest absolute Gasteiger partial charge is 0.240 e. The van der Waals surface area contributed by atoms with E-state index in [0.29, 0.717) is 11.6 Å². The molecule has 0 fully saturated rings. The van der Waals surface area contributed by atoms with E-state index in [4.69, 9.17) is 16.3 Å². The van der Waals surface area contributed by atoms with Gasteiger partial charge >= 0.3 is 0 Å². The molecule has 6 heteroatoms. The van der Waals surface area contributed by atoms with Gasteiger partial charge < -0.3 is 4.74 Å². The van der Waals surface area contributed by atoms with E-state index < -0.39 is 10.0 Å². The first-order valence-corrected chi connectivity index (χ1v) is 7.65. The summed E-state index contributed by atoms with van der Waals surface area (Å²) in [5, 5.41) is 0. The minimum Gasteiger partial charge on any atom is -0.497 e. The highest BCUT2D eigenvalue weighted by molar-refractivity contribution is 7.89. The lowest BCUT2D eigenvalue weighted by Crippen LogP contribution is -2.37. The van der Waals surface area contributed by atoms with Crippen molar-refractivity contribution >= 4 is 21.6 Å². The lowest BCUT2D eigenvalue weighted by Gasteiger charge is -2.19. The molecule has 1 rings (SSSR count). The highest BCUT2D eigenvalue weighted by Crippen LogP contribution is 2.16. The number of rotatable bonds is 6. The highest BCUT2D eigenvalue weighted by Gasteiger charge is 2.20. The van der Waals surface area contributed by atoms with E-state index in [2.05, 4.69) is 4.72 Å². The van der Waals surface area contributed by atoms with E-state index in [1.165, 1.54) is 19.2 Å². The summed E-state index contributed by atoms with van der Waals surface area (Å²) in [7, 11) is -1.97. The van der Waals surface area contributed by atoms with Crippen molar-refractivity contribution in [2.45, 2.75) is 24.8 Å². The standard InChI is InChI=1S/C12H18ClNO3S/c1-9(8-13)10(2)14-18(15,16)12-6-4-11(17-3)5-7-12/h4-7,9-10,14H,8H2,1-3H3. The van der Waals surface area contributed by atoms with Crippen LogP contribution in [-0.4, -0.2) is 27.4 Å². The number of hydrogen-bond acceptors (Lipinski definition) is 3. The SMILES string of the molecule is COc1ccc(S(=O)(=O)NC(C)C(C)CCl)cc1. The van der Waals surface area contributed by atoms with Crippen molar-refractivity contribution in [1.29, 1.82) is 0 Å². The van der Waals surface area contributed by atoms with Crippen LogP contribution in [-0.2, 0) is 10.0 Å². The molecule has 102 valence electrons. The third-order valence-electron chi connectivity index (χ3n) is 2.81. The third-order valence-corrected chi connectivity index (χ3v) is 4.87. The van der Waals surface area contributed by atoms with Gasteiger partial charge in [0.15, 0.2) is 0 Å². The molecule has 0 amide bonds. The summed E-state index contributed by atoms with van der Waals surface area (Å²) in [6.45, 7) is 3.70. The van der Waals surface area contributed by atoms with E-state index in [0.717, 1.165) is 0 Å². The van der Waals surface area contributed by atoms with Gasteiger partial charge in [0, 0.05) is 11.9 Å². The molecule has 0 aliphatic carbocycles. The van der Waals surface area contributed by atoms with Crippen molar-refractivity contribution in [3.63, 3.8) is 0 Å².